The molecular weight excluding hydrogens is 522 g/mol. The summed E-state index contributed by atoms with van der Waals surface area (Å²) in [6.45, 7) is 5.11. The van der Waals surface area contributed by atoms with E-state index in [0.29, 0.717) is 16.3 Å². The zero-order chi connectivity index (χ0) is 27.9. The van der Waals surface area contributed by atoms with Crippen molar-refractivity contribution < 1.29 is 18.0 Å². The van der Waals surface area contributed by atoms with Crippen LogP contribution in [0.15, 0.2) is 78.9 Å². The Hall–Kier alpha value is -3.36. The minimum atomic E-state index is -3.81. The fourth-order valence-electron chi connectivity index (χ4n) is 4.14. The number of aryl methyl sites for hydroxylation is 1. The molecule has 2 amide bonds. The molecule has 0 bridgehead atoms. The smallest absolute Gasteiger partial charge is 0.244 e. The fraction of sp³-hybridized carbons (Fsp3) is 0.310. The van der Waals surface area contributed by atoms with Crippen molar-refractivity contribution in [3.8, 4) is 0 Å². The van der Waals surface area contributed by atoms with Gasteiger partial charge in [-0.3, -0.25) is 13.9 Å². The molecule has 0 aromatic heterocycles. The zero-order valence-corrected chi connectivity index (χ0v) is 23.7. The number of sulfonamides is 1. The number of hydrogen-bond donors (Lipinski definition) is 1. The second kappa shape index (κ2) is 12.9. The molecule has 0 unspecified atom stereocenters. The van der Waals surface area contributed by atoms with Crippen LogP contribution in [0.3, 0.4) is 0 Å². The Labute approximate surface area is 230 Å². The fourth-order valence-corrected chi connectivity index (χ4v) is 5.18. The van der Waals surface area contributed by atoms with Crippen molar-refractivity contribution in [1.82, 2.24) is 10.2 Å². The maximum absolute atomic E-state index is 14.0. The second-order valence-electron chi connectivity index (χ2n) is 9.59. The molecule has 9 heteroatoms. The molecule has 0 aliphatic carbocycles. The topological polar surface area (TPSA) is 86.8 Å². The van der Waals surface area contributed by atoms with Crippen molar-refractivity contribution in [2.45, 2.75) is 45.8 Å². The molecule has 3 aromatic rings. The standard InChI is InChI=1S/C29H34ClN3O4S/c1-21(2)31-29(35)27(18-23-12-6-5-7-13-23)32(19-24-14-8-9-16-26(24)30)28(34)20-33(38(4,36)37)25-15-10-11-22(3)17-25/h5-17,21,27H,18-20H2,1-4H3,(H,31,35)/t27-/m1/s1. The van der Waals surface area contributed by atoms with E-state index in [4.69, 9.17) is 11.6 Å². The summed E-state index contributed by atoms with van der Waals surface area (Å²) in [7, 11) is -3.81. The normalized spacial score (nSPS) is 12.2. The monoisotopic (exact) mass is 555 g/mol. The zero-order valence-electron chi connectivity index (χ0n) is 22.1. The first kappa shape index (κ1) is 29.2. The Morgan fingerprint density at radius 2 is 1.61 bits per heavy atom. The van der Waals surface area contributed by atoms with Crippen molar-refractivity contribution in [3.05, 3.63) is 101 Å². The van der Waals surface area contributed by atoms with E-state index in [9.17, 15) is 18.0 Å². The molecule has 202 valence electrons. The van der Waals surface area contributed by atoms with Gasteiger partial charge < -0.3 is 10.2 Å². The van der Waals surface area contributed by atoms with Crippen molar-refractivity contribution in [1.29, 1.82) is 0 Å². The average molecular weight is 556 g/mol. The van der Waals surface area contributed by atoms with Crippen molar-refractivity contribution in [3.63, 3.8) is 0 Å². The molecule has 38 heavy (non-hydrogen) atoms. The van der Waals surface area contributed by atoms with Gasteiger partial charge in [-0.05, 0) is 55.7 Å². The van der Waals surface area contributed by atoms with Crippen LogP contribution >= 0.6 is 11.6 Å². The molecule has 0 spiro atoms. The average Bonchev–Trinajstić information content (AvgIpc) is 2.85. The van der Waals surface area contributed by atoms with Crippen LogP contribution in [0.4, 0.5) is 5.69 Å². The number of carbonyl (C=O) groups excluding carboxylic acids is 2. The van der Waals surface area contributed by atoms with Gasteiger partial charge in [0.15, 0.2) is 0 Å². The van der Waals surface area contributed by atoms with Crippen LogP contribution in [0.1, 0.15) is 30.5 Å². The summed E-state index contributed by atoms with van der Waals surface area (Å²) < 4.78 is 26.7. The molecular formula is C29H34ClN3O4S. The lowest BCUT2D eigenvalue weighted by Gasteiger charge is -2.34. The maximum atomic E-state index is 14.0. The van der Waals surface area contributed by atoms with Gasteiger partial charge in [0, 0.05) is 24.0 Å². The molecule has 0 radical (unpaired) electrons. The van der Waals surface area contributed by atoms with Crippen LogP contribution in [0.2, 0.25) is 5.02 Å². The van der Waals surface area contributed by atoms with E-state index in [1.54, 1.807) is 42.5 Å². The van der Waals surface area contributed by atoms with Gasteiger partial charge in [-0.25, -0.2) is 8.42 Å². The van der Waals surface area contributed by atoms with Crippen molar-refractivity contribution >= 4 is 39.1 Å². The lowest BCUT2D eigenvalue weighted by atomic mass is 10.0. The van der Waals surface area contributed by atoms with E-state index in [1.165, 1.54) is 4.90 Å². The van der Waals surface area contributed by atoms with Crippen LogP contribution < -0.4 is 9.62 Å². The van der Waals surface area contributed by atoms with E-state index < -0.39 is 28.5 Å². The maximum Gasteiger partial charge on any atom is 0.244 e. The number of hydrogen-bond acceptors (Lipinski definition) is 4. The highest BCUT2D eigenvalue weighted by atomic mass is 35.5. The number of rotatable bonds is 11. The molecule has 0 heterocycles. The van der Waals surface area contributed by atoms with E-state index in [2.05, 4.69) is 5.32 Å². The van der Waals surface area contributed by atoms with Gasteiger partial charge in [-0.2, -0.15) is 0 Å². The number of nitrogens with one attached hydrogen (secondary N) is 1. The van der Waals surface area contributed by atoms with Gasteiger partial charge in [0.1, 0.15) is 12.6 Å². The number of nitrogens with zero attached hydrogens (tertiary/aromatic N) is 2. The van der Waals surface area contributed by atoms with Crippen LogP contribution in [-0.2, 0) is 32.6 Å². The summed E-state index contributed by atoms with van der Waals surface area (Å²) >= 11 is 6.45. The molecule has 0 saturated carbocycles. The Balaban J connectivity index is 2.07. The van der Waals surface area contributed by atoms with E-state index in [0.717, 1.165) is 21.7 Å². The lowest BCUT2D eigenvalue weighted by molar-refractivity contribution is -0.140. The number of halogens is 1. The highest BCUT2D eigenvalue weighted by Gasteiger charge is 2.33. The molecule has 3 aromatic carbocycles. The number of benzene rings is 3. The van der Waals surface area contributed by atoms with Gasteiger partial charge in [-0.15, -0.1) is 0 Å². The molecule has 3 rings (SSSR count). The first-order valence-corrected chi connectivity index (χ1v) is 14.6. The Morgan fingerprint density at radius 3 is 2.21 bits per heavy atom. The van der Waals surface area contributed by atoms with E-state index in [-0.39, 0.29) is 24.9 Å². The predicted molar refractivity (Wildman–Crippen MR) is 153 cm³/mol. The summed E-state index contributed by atoms with van der Waals surface area (Å²) in [6.07, 6.45) is 1.31. The Bertz CT molecular complexity index is 1360. The van der Waals surface area contributed by atoms with Crippen LogP contribution in [0, 0.1) is 6.92 Å². The molecule has 0 fully saturated rings. The molecule has 1 N–H and O–H groups in total. The first-order valence-electron chi connectivity index (χ1n) is 12.4. The van der Waals surface area contributed by atoms with Gasteiger partial charge in [0.25, 0.3) is 0 Å². The highest BCUT2D eigenvalue weighted by molar-refractivity contribution is 7.92. The van der Waals surface area contributed by atoms with Crippen LogP contribution in [0.25, 0.3) is 0 Å². The van der Waals surface area contributed by atoms with Gasteiger partial charge in [-0.1, -0.05) is 72.3 Å². The largest absolute Gasteiger partial charge is 0.352 e. The van der Waals surface area contributed by atoms with E-state index >= 15 is 0 Å². The summed E-state index contributed by atoms with van der Waals surface area (Å²) in [5.74, 6) is -0.845. The van der Waals surface area contributed by atoms with Gasteiger partial charge in [0.05, 0.1) is 11.9 Å². The summed E-state index contributed by atoms with van der Waals surface area (Å²) in [5.41, 5.74) is 2.76. The van der Waals surface area contributed by atoms with E-state index in [1.807, 2.05) is 57.2 Å². The van der Waals surface area contributed by atoms with Gasteiger partial charge >= 0.3 is 0 Å². The summed E-state index contributed by atoms with van der Waals surface area (Å²) in [5, 5.41) is 3.37. The quantitative estimate of drug-likeness (QED) is 0.375. The third-order valence-electron chi connectivity index (χ3n) is 5.97. The Kier molecular flexibility index (Phi) is 9.94. The third kappa shape index (κ3) is 8.07. The van der Waals surface area contributed by atoms with Gasteiger partial charge in [0.2, 0.25) is 21.8 Å². The Morgan fingerprint density at radius 1 is 0.947 bits per heavy atom. The lowest BCUT2D eigenvalue weighted by Crippen LogP contribution is -2.54. The molecule has 7 nitrogen and oxygen atoms in total. The third-order valence-corrected chi connectivity index (χ3v) is 7.48. The highest BCUT2D eigenvalue weighted by Crippen LogP contribution is 2.23. The minimum absolute atomic E-state index is 0.0347. The number of anilines is 1. The molecule has 0 aliphatic heterocycles. The van der Waals surface area contributed by atoms with Crippen LogP contribution in [0.5, 0.6) is 0 Å². The summed E-state index contributed by atoms with van der Waals surface area (Å²) in [4.78, 5) is 28.9. The van der Waals surface area contributed by atoms with Crippen molar-refractivity contribution in [2.75, 3.05) is 17.1 Å². The molecule has 0 aliphatic rings. The molecule has 1 atom stereocenters. The number of carbonyl (C=O) groups is 2. The SMILES string of the molecule is Cc1cccc(N(CC(=O)N(Cc2ccccc2Cl)[C@H](Cc2ccccc2)C(=O)NC(C)C)S(C)(=O)=O)c1. The second-order valence-corrected chi connectivity index (χ2v) is 11.9. The first-order chi connectivity index (χ1) is 18.0. The predicted octanol–water partition coefficient (Wildman–Crippen LogP) is 4.58. The minimum Gasteiger partial charge on any atom is -0.352 e. The van der Waals surface area contributed by atoms with Crippen LogP contribution in [-0.4, -0.2) is 50.0 Å². The summed E-state index contributed by atoms with van der Waals surface area (Å²) in [6, 6.07) is 22.4. The number of amides is 2. The molecule has 0 saturated heterocycles. The van der Waals surface area contributed by atoms with Crippen molar-refractivity contribution in [2.24, 2.45) is 0 Å².